The van der Waals surface area contributed by atoms with Crippen molar-refractivity contribution >= 4 is 40.1 Å². The molecule has 0 fully saturated rings. The number of H-pyrrole nitrogens is 1. The normalized spacial score (nSPS) is 10.7. The minimum absolute atomic E-state index is 0.0583. The fraction of sp³-hybridized carbons (Fsp3) is 0.190. The number of amides is 1. The van der Waals surface area contributed by atoms with Crippen LogP contribution in [0.4, 0.5) is 5.69 Å². The average Bonchev–Trinajstić information content (AvgIpc) is 2.74. The van der Waals surface area contributed by atoms with Crippen molar-refractivity contribution in [2.75, 3.05) is 32.8 Å². The van der Waals surface area contributed by atoms with Crippen LogP contribution in [0.5, 0.6) is 11.5 Å². The van der Waals surface area contributed by atoms with Crippen LogP contribution >= 0.6 is 11.6 Å². The summed E-state index contributed by atoms with van der Waals surface area (Å²) in [6.07, 6.45) is 0. The number of carbonyl (C=O) groups is 2. The lowest BCUT2D eigenvalue weighted by atomic mass is 10.1. The number of aromatic nitrogens is 1. The van der Waals surface area contributed by atoms with Gasteiger partial charge in [0.1, 0.15) is 12.2 Å². The van der Waals surface area contributed by atoms with Crippen molar-refractivity contribution < 1.29 is 28.9 Å². The zero-order chi connectivity index (χ0) is 22.5. The number of carbonyl (C=O) groups excluding carboxylic acids is 1. The molecule has 1 amide bonds. The maximum absolute atomic E-state index is 12.7. The van der Waals surface area contributed by atoms with Crippen LogP contribution in [0.15, 0.2) is 41.2 Å². The molecule has 162 valence electrons. The minimum atomic E-state index is -1.18. The molecule has 0 saturated carbocycles. The third-order valence-electron chi connectivity index (χ3n) is 4.38. The van der Waals surface area contributed by atoms with Crippen LogP contribution in [0.2, 0.25) is 5.02 Å². The van der Waals surface area contributed by atoms with Crippen LogP contribution in [-0.2, 0) is 4.74 Å². The number of carboxylic acid groups (broad SMARTS) is 1. The Hall–Kier alpha value is -3.56. The fourth-order valence-electron chi connectivity index (χ4n) is 2.83. The number of anilines is 1. The molecule has 0 atom stereocenters. The van der Waals surface area contributed by atoms with E-state index < -0.39 is 17.4 Å². The van der Waals surface area contributed by atoms with Gasteiger partial charge in [0.05, 0.1) is 35.5 Å². The molecule has 1 heterocycles. The summed E-state index contributed by atoms with van der Waals surface area (Å²) in [6.45, 7) is 0.657. The van der Waals surface area contributed by atoms with Gasteiger partial charge in [0, 0.05) is 18.6 Å². The molecule has 0 aliphatic rings. The molecule has 3 N–H and O–H groups in total. The van der Waals surface area contributed by atoms with Crippen molar-refractivity contribution in [3.63, 3.8) is 0 Å². The summed E-state index contributed by atoms with van der Waals surface area (Å²) in [5, 5.41) is 12.3. The summed E-state index contributed by atoms with van der Waals surface area (Å²) < 4.78 is 15.9. The van der Waals surface area contributed by atoms with Gasteiger partial charge in [0.25, 0.3) is 11.5 Å². The summed E-state index contributed by atoms with van der Waals surface area (Å²) in [4.78, 5) is 39.0. The smallest absolute Gasteiger partial charge is 0.335 e. The number of fused-ring (bicyclic) bond motifs is 1. The van der Waals surface area contributed by atoms with Crippen LogP contribution in [0, 0.1) is 0 Å². The molecule has 31 heavy (non-hydrogen) atoms. The van der Waals surface area contributed by atoms with Crippen LogP contribution in [-0.4, -0.2) is 49.4 Å². The standard InChI is InChI=1S/C21H19ClN2O7/c1-29-5-6-31-18-9-12-7-13(19(25)23-15(12)10-17(18)30-2)20(26)24-16-8-11(21(27)28)3-4-14(16)22/h3-4,7-10H,5-6H2,1-2H3,(H,23,25)(H,24,26)(H,27,28). The van der Waals surface area contributed by atoms with Crippen LogP contribution in [0.25, 0.3) is 10.9 Å². The number of carboxylic acids is 1. The predicted octanol–water partition coefficient (Wildman–Crippen LogP) is 3.17. The van der Waals surface area contributed by atoms with Gasteiger partial charge in [-0.2, -0.15) is 0 Å². The number of benzene rings is 2. The molecular weight excluding hydrogens is 428 g/mol. The van der Waals surface area contributed by atoms with E-state index in [2.05, 4.69) is 10.3 Å². The third-order valence-corrected chi connectivity index (χ3v) is 4.71. The van der Waals surface area contributed by atoms with Crippen molar-refractivity contribution in [1.82, 2.24) is 4.98 Å². The number of rotatable bonds is 8. The van der Waals surface area contributed by atoms with Gasteiger partial charge < -0.3 is 29.6 Å². The zero-order valence-electron chi connectivity index (χ0n) is 16.7. The first kappa shape index (κ1) is 22.1. The maximum Gasteiger partial charge on any atom is 0.335 e. The number of methoxy groups -OCH3 is 2. The third kappa shape index (κ3) is 4.96. The van der Waals surface area contributed by atoms with E-state index in [0.717, 1.165) is 0 Å². The van der Waals surface area contributed by atoms with Crippen molar-refractivity contribution in [2.24, 2.45) is 0 Å². The number of hydrogen-bond acceptors (Lipinski definition) is 6. The van der Waals surface area contributed by atoms with E-state index >= 15 is 0 Å². The lowest BCUT2D eigenvalue weighted by Gasteiger charge is -2.12. The summed E-state index contributed by atoms with van der Waals surface area (Å²) >= 11 is 6.05. The van der Waals surface area contributed by atoms with Gasteiger partial charge in [-0.25, -0.2) is 4.79 Å². The number of nitrogens with one attached hydrogen (secondary N) is 2. The fourth-order valence-corrected chi connectivity index (χ4v) is 3.00. The van der Waals surface area contributed by atoms with Gasteiger partial charge >= 0.3 is 5.97 Å². The van der Waals surface area contributed by atoms with Gasteiger partial charge in [-0.15, -0.1) is 0 Å². The molecule has 0 aliphatic carbocycles. The van der Waals surface area contributed by atoms with Gasteiger partial charge in [0.15, 0.2) is 11.5 Å². The van der Waals surface area contributed by atoms with E-state index in [9.17, 15) is 14.4 Å². The highest BCUT2D eigenvalue weighted by Crippen LogP contribution is 2.31. The first-order valence-corrected chi connectivity index (χ1v) is 9.43. The molecule has 0 bridgehead atoms. The second-order valence-corrected chi connectivity index (χ2v) is 6.80. The van der Waals surface area contributed by atoms with Crippen LogP contribution in [0.3, 0.4) is 0 Å². The van der Waals surface area contributed by atoms with Crippen molar-refractivity contribution in [2.45, 2.75) is 0 Å². The molecule has 0 aliphatic heterocycles. The average molecular weight is 447 g/mol. The summed E-state index contributed by atoms with van der Waals surface area (Å²) in [5.74, 6) is -1.09. The Balaban J connectivity index is 1.97. The lowest BCUT2D eigenvalue weighted by molar-refractivity contribution is 0.0696. The Morgan fingerprint density at radius 2 is 1.87 bits per heavy atom. The van der Waals surface area contributed by atoms with Gasteiger partial charge in [0.2, 0.25) is 0 Å². The van der Waals surface area contributed by atoms with E-state index in [1.807, 2.05) is 0 Å². The number of aromatic amines is 1. The van der Waals surface area contributed by atoms with E-state index in [-0.39, 0.29) is 28.4 Å². The predicted molar refractivity (Wildman–Crippen MR) is 115 cm³/mol. The zero-order valence-corrected chi connectivity index (χ0v) is 17.4. The highest BCUT2D eigenvalue weighted by molar-refractivity contribution is 6.34. The molecular formula is C21H19ClN2O7. The molecule has 10 heteroatoms. The van der Waals surface area contributed by atoms with Gasteiger partial charge in [-0.3, -0.25) is 9.59 Å². The largest absolute Gasteiger partial charge is 0.493 e. The number of pyridine rings is 1. The summed E-state index contributed by atoms with van der Waals surface area (Å²) in [6, 6.07) is 8.50. The van der Waals surface area contributed by atoms with Gasteiger partial charge in [-0.05, 0) is 30.3 Å². The lowest BCUT2D eigenvalue weighted by Crippen LogP contribution is -2.23. The van der Waals surface area contributed by atoms with E-state index in [0.29, 0.717) is 29.0 Å². The van der Waals surface area contributed by atoms with E-state index in [4.69, 9.17) is 30.9 Å². The van der Waals surface area contributed by atoms with Crippen molar-refractivity contribution in [1.29, 1.82) is 0 Å². The number of aromatic carboxylic acids is 1. The molecule has 3 aromatic rings. The Labute approximate surface area is 181 Å². The molecule has 1 aromatic heterocycles. The second kappa shape index (κ2) is 9.50. The molecule has 0 unspecified atom stereocenters. The van der Waals surface area contributed by atoms with Crippen LogP contribution < -0.4 is 20.3 Å². The number of hydrogen-bond donors (Lipinski definition) is 3. The van der Waals surface area contributed by atoms with Crippen molar-refractivity contribution in [3.8, 4) is 11.5 Å². The molecule has 0 radical (unpaired) electrons. The number of halogens is 1. The van der Waals surface area contributed by atoms with Gasteiger partial charge in [-0.1, -0.05) is 11.6 Å². The Morgan fingerprint density at radius 3 is 2.55 bits per heavy atom. The molecule has 0 spiro atoms. The molecule has 3 rings (SSSR count). The Bertz CT molecular complexity index is 1210. The molecule has 0 saturated heterocycles. The van der Waals surface area contributed by atoms with E-state index in [1.54, 1.807) is 19.2 Å². The Kier molecular flexibility index (Phi) is 6.78. The minimum Gasteiger partial charge on any atom is -0.493 e. The highest BCUT2D eigenvalue weighted by atomic mass is 35.5. The maximum atomic E-state index is 12.7. The first-order valence-electron chi connectivity index (χ1n) is 9.05. The topological polar surface area (TPSA) is 127 Å². The Morgan fingerprint density at radius 1 is 1.10 bits per heavy atom. The molecule has 9 nitrogen and oxygen atoms in total. The summed E-state index contributed by atoms with van der Waals surface area (Å²) in [5.41, 5.74) is -0.354. The van der Waals surface area contributed by atoms with E-state index in [1.165, 1.54) is 31.4 Å². The first-order chi connectivity index (χ1) is 14.8. The SMILES string of the molecule is COCCOc1cc2cc(C(=O)Nc3cc(C(=O)O)ccc3Cl)c(=O)[nH]c2cc1OC. The van der Waals surface area contributed by atoms with Crippen molar-refractivity contribution in [3.05, 3.63) is 62.9 Å². The summed E-state index contributed by atoms with van der Waals surface area (Å²) in [7, 11) is 3.02. The second-order valence-electron chi connectivity index (χ2n) is 6.40. The quantitative estimate of drug-likeness (QED) is 0.453. The number of ether oxygens (including phenoxy) is 3. The molecule has 2 aromatic carbocycles. The monoisotopic (exact) mass is 446 g/mol. The highest BCUT2D eigenvalue weighted by Gasteiger charge is 2.17. The van der Waals surface area contributed by atoms with Crippen LogP contribution in [0.1, 0.15) is 20.7 Å².